The number of hydrogen-bond acceptors (Lipinski definition) is 3. The minimum Gasteiger partial charge on any atom is -0.347 e. The lowest BCUT2D eigenvalue weighted by Crippen LogP contribution is -2.37. The van der Waals surface area contributed by atoms with Crippen LogP contribution >= 0.6 is 0 Å². The van der Waals surface area contributed by atoms with E-state index in [1.807, 2.05) is 44.2 Å². The Hall–Kier alpha value is -2.14. The highest BCUT2D eigenvalue weighted by Crippen LogP contribution is 2.20. The van der Waals surface area contributed by atoms with Gasteiger partial charge in [0.1, 0.15) is 5.82 Å². The van der Waals surface area contributed by atoms with Crippen molar-refractivity contribution in [2.45, 2.75) is 25.9 Å². The van der Waals surface area contributed by atoms with Crippen LogP contribution in [0.5, 0.6) is 0 Å². The fourth-order valence-corrected chi connectivity index (χ4v) is 2.05. The maximum Gasteiger partial charge on any atom is 0.225 e. The van der Waals surface area contributed by atoms with Gasteiger partial charge in [0.2, 0.25) is 5.91 Å². The summed E-state index contributed by atoms with van der Waals surface area (Å²) in [5.74, 6) is 0.346. The topological polar surface area (TPSA) is 83.8 Å². The summed E-state index contributed by atoms with van der Waals surface area (Å²) in [5.41, 5.74) is 7.11. The zero-order chi connectivity index (χ0) is 14.5. The number of hydrogen-bond donors (Lipinski definition) is 3. The second-order valence-corrected chi connectivity index (χ2v) is 4.93. The van der Waals surface area contributed by atoms with Gasteiger partial charge in [0.25, 0.3) is 0 Å². The molecule has 0 aliphatic rings. The second kappa shape index (κ2) is 6.34. The molecule has 0 fully saturated rings. The van der Waals surface area contributed by atoms with Gasteiger partial charge in [0.15, 0.2) is 0 Å². The summed E-state index contributed by atoms with van der Waals surface area (Å²) < 4.78 is 0. The third-order valence-electron chi connectivity index (χ3n) is 3.43. The molecule has 4 N–H and O–H groups in total. The molecule has 1 amide bonds. The van der Waals surface area contributed by atoms with Gasteiger partial charge in [-0.1, -0.05) is 37.3 Å². The van der Waals surface area contributed by atoms with Crippen LogP contribution < -0.4 is 11.1 Å². The molecule has 3 unspecified atom stereocenters. The average molecular weight is 272 g/mol. The number of rotatable bonds is 5. The van der Waals surface area contributed by atoms with E-state index in [-0.39, 0.29) is 23.9 Å². The minimum absolute atomic E-state index is 0.0785. The normalized spacial score (nSPS) is 15.3. The van der Waals surface area contributed by atoms with Gasteiger partial charge in [0, 0.05) is 18.4 Å². The zero-order valence-corrected chi connectivity index (χ0v) is 11.7. The van der Waals surface area contributed by atoms with Crippen LogP contribution in [-0.4, -0.2) is 15.9 Å². The molecule has 5 heteroatoms. The smallest absolute Gasteiger partial charge is 0.225 e. The molecule has 3 atom stereocenters. The van der Waals surface area contributed by atoms with E-state index in [4.69, 9.17) is 5.73 Å². The van der Waals surface area contributed by atoms with Crippen LogP contribution in [0.1, 0.15) is 37.3 Å². The molecular weight excluding hydrogens is 252 g/mol. The summed E-state index contributed by atoms with van der Waals surface area (Å²) in [6, 6.07) is 9.16. The highest BCUT2D eigenvalue weighted by molar-refractivity contribution is 5.79. The molecular formula is C15H20N4O. The SMILES string of the molecule is CC(NC(=O)C(C)C(N)c1ccccc1)c1ncc[nH]1. The standard InChI is InChI=1S/C15H20N4O/c1-10(13(16)12-6-4-3-5-7-12)15(20)19-11(2)14-17-8-9-18-14/h3-11,13H,16H2,1-2H3,(H,17,18)(H,19,20). The Kier molecular flexibility index (Phi) is 4.53. The van der Waals surface area contributed by atoms with E-state index in [9.17, 15) is 4.79 Å². The number of carbonyl (C=O) groups is 1. The van der Waals surface area contributed by atoms with Gasteiger partial charge in [-0.15, -0.1) is 0 Å². The maximum absolute atomic E-state index is 12.2. The van der Waals surface area contributed by atoms with Crippen LogP contribution in [-0.2, 0) is 4.79 Å². The van der Waals surface area contributed by atoms with Gasteiger partial charge in [-0.05, 0) is 12.5 Å². The Morgan fingerprint density at radius 3 is 2.60 bits per heavy atom. The van der Waals surface area contributed by atoms with Crippen molar-refractivity contribution in [3.63, 3.8) is 0 Å². The van der Waals surface area contributed by atoms with Gasteiger partial charge in [0.05, 0.1) is 12.0 Å². The van der Waals surface area contributed by atoms with Crippen LogP contribution in [0.15, 0.2) is 42.7 Å². The molecule has 106 valence electrons. The average Bonchev–Trinajstić information content (AvgIpc) is 3.01. The Bertz CT molecular complexity index is 538. The molecule has 0 aliphatic heterocycles. The number of amides is 1. The van der Waals surface area contributed by atoms with Crippen molar-refractivity contribution < 1.29 is 4.79 Å². The van der Waals surface area contributed by atoms with Crippen molar-refractivity contribution in [1.29, 1.82) is 0 Å². The molecule has 1 aromatic heterocycles. The van der Waals surface area contributed by atoms with Gasteiger partial charge in [-0.2, -0.15) is 0 Å². The van der Waals surface area contributed by atoms with Crippen molar-refractivity contribution in [2.24, 2.45) is 11.7 Å². The van der Waals surface area contributed by atoms with E-state index in [0.29, 0.717) is 0 Å². The number of imidazole rings is 1. The van der Waals surface area contributed by atoms with Crippen LogP contribution in [0.3, 0.4) is 0 Å². The molecule has 0 saturated carbocycles. The lowest BCUT2D eigenvalue weighted by molar-refractivity contribution is -0.125. The van der Waals surface area contributed by atoms with Crippen LogP contribution in [0, 0.1) is 5.92 Å². The van der Waals surface area contributed by atoms with E-state index in [1.165, 1.54) is 0 Å². The highest BCUT2D eigenvalue weighted by atomic mass is 16.2. The minimum atomic E-state index is -0.319. The summed E-state index contributed by atoms with van der Waals surface area (Å²) in [7, 11) is 0. The summed E-state index contributed by atoms with van der Waals surface area (Å²) in [4.78, 5) is 19.3. The first kappa shape index (κ1) is 14.3. The van der Waals surface area contributed by atoms with E-state index >= 15 is 0 Å². The molecule has 0 aliphatic carbocycles. The number of nitrogens with one attached hydrogen (secondary N) is 2. The van der Waals surface area contributed by atoms with Gasteiger partial charge in [-0.25, -0.2) is 4.98 Å². The fraction of sp³-hybridized carbons (Fsp3) is 0.333. The summed E-state index contributed by atoms with van der Waals surface area (Å²) in [6.45, 7) is 3.72. The van der Waals surface area contributed by atoms with Crippen molar-refractivity contribution in [3.05, 3.63) is 54.1 Å². The lowest BCUT2D eigenvalue weighted by atomic mass is 9.94. The number of nitrogens with zero attached hydrogens (tertiary/aromatic N) is 1. The number of carbonyl (C=O) groups excluding carboxylic acids is 1. The third-order valence-corrected chi connectivity index (χ3v) is 3.43. The molecule has 0 spiro atoms. The first-order chi connectivity index (χ1) is 9.59. The number of benzene rings is 1. The molecule has 0 bridgehead atoms. The number of H-pyrrole nitrogens is 1. The lowest BCUT2D eigenvalue weighted by Gasteiger charge is -2.21. The van der Waals surface area contributed by atoms with Crippen molar-refractivity contribution in [1.82, 2.24) is 15.3 Å². The Labute approximate surface area is 118 Å². The van der Waals surface area contributed by atoms with Crippen LogP contribution in [0.4, 0.5) is 0 Å². The Balaban J connectivity index is 1.98. The summed E-state index contributed by atoms with van der Waals surface area (Å²) in [5, 5.41) is 2.92. The molecule has 2 rings (SSSR count). The van der Waals surface area contributed by atoms with Crippen LogP contribution in [0.25, 0.3) is 0 Å². The molecule has 1 heterocycles. The fourth-order valence-electron chi connectivity index (χ4n) is 2.05. The van der Waals surface area contributed by atoms with Gasteiger partial charge >= 0.3 is 0 Å². The molecule has 5 nitrogen and oxygen atoms in total. The first-order valence-corrected chi connectivity index (χ1v) is 6.69. The quantitative estimate of drug-likeness (QED) is 0.777. The molecule has 2 aromatic rings. The van der Waals surface area contributed by atoms with E-state index in [1.54, 1.807) is 12.4 Å². The Morgan fingerprint density at radius 2 is 2.00 bits per heavy atom. The van der Waals surface area contributed by atoms with Gasteiger partial charge < -0.3 is 16.0 Å². The third kappa shape index (κ3) is 3.24. The Morgan fingerprint density at radius 1 is 1.30 bits per heavy atom. The molecule has 1 aromatic carbocycles. The predicted octanol–water partition coefficient (Wildman–Crippen LogP) is 1.92. The van der Waals surface area contributed by atoms with Crippen molar-refractivity contribution in [3.8, 4) is 0 Å². The predicted molar refractivity (Wildman–Crippen MR) is 77.7 cm³/mol. The van der Waals surface area contributed by atoms with Crippen molar-refractivity contribution in [2.75, 3.05) is 0 Å². The number of nitrogens with two attached hydrogens (primary N) is 1. The largest absolute Gasteiger partial charge is 0.347 e. The molecule has 20 heavy (non-hydrogen) atoms. The van der Waals surface area contributed by atoms with E-state index < -0.39 is 0 Å². The van der Waals surface area contributed by atoms with E-state index in [0.717, 1.165) is 11.4 Å². The molecule has 0 radical (unpaired) electrons. The van der Waals surface area contributed by atoms with Crippen LogP contribution in [0.2, 0.25) is 0 Å². The second-order valence-electron chi connectivity index (χ2n) is 4.93. The summed E-state index contributed by atoms with van der Waals surface area (Å²) >= 11 is 0. The first-order valence-electron chi connectivity index (χ1n) is 6.69. The maximum atomic E-state index is 12.2. The number of aromatic amines is 1. The highest BCUT2D eigenvalue weighted by Gasteiger charge is 2.23. The zero-order valence-electron chi connectivity index (χ0n) is 11.7. The van der Waals surface area contributed by atoms with Gasteiger partial charge in [-0.3, -0.25) is 4.79 Å². The van der Waals surface area contributed by atoms with E-state index in [2.05, 4.69) is 15.3 Å². The number of aromatic nitrogens is 2. The summed E-state index contributed by atoms with van der Waals surface area (Å²) in [6.07, 6.45) is 3.40. The monoisotopic (exact) mass is 272 g/mol. The molecule has 0 saturated heterocycles. The van der Waals surface area contributed by atoms with Crippen molar-refractivity contribution >= 4 is 5.91 Å².